The molecule has 0 saturated heterocycles. The zero-order valence-electron chi connectivity index (χ0n) is 10.4. The van der Waals surface area contributed by atoms with Crippen LogP contribution in [0.3, 0.4) is 0 Å². The van der Waals surface area contributed by atoms with Crippen LogP contribution in [-0.4, -0.2) is 6.04 Å². The maximum atomic E-state index is 8.51. The Hall–Kier alpha value is -0.690. The Bertz CT molecular complexity index is 185. The third kappa shape index (κ3) is 7.26. The summed E-state index contributed by atoms with van der Waals surface area (Å²) in [6.45, 7) is 6.60. The van der Waals surface area contributed by atoms with Crippen molar-refractivity contribution < 1.29 is 0 Å². The summed E-state index contributed by atoms with van der Waals surface area (Å²) in [5, 5.41) is 3.92. The molecule has 0 aromatic heterocycles. The first kappa shape index (κ1) is 14.3. The highest BCUT2D eigenvalue weighted by Gasteiger charge is 2.14. The van der Waals surface area contributed by atoms with Crippen LogP contribution >= 0.6 is 0 Å². The van der Waals surface area contributed by atoms with Gasteiger partial charge in [0.25, 0.3) is 0 Å². The van der Waals surface area contributed by atoms with Gasteiger partial charge in [0.15, 0.2) is 0 Å². The van der Waals surface area contributed by atoms with E-state index in [0.717, 1.165) is 6.42 Å². The highest BCUT2D eigenvalue weighted by Crippen LogP contribution is 2.20. The summed E-state index contributed by atoms with van der Waals surface area (Å²) in [5.41, 5.74) is 8.51. The highest BCUT2D eigenvalue weighted by molar-refractivity contribution is 4.73. The van der Waals surface area contributed by atoms with Gasteiger partial charge in [0, 0.05) is 11.0 Å². The Labute approximate surface area is 93.9 Å². The van der Waals surface area contributed by atoms with Gasteiger partial charge in [-0.3, -0.25) is 0 Å². The molecule has 0 aliphatic rings. The molecule has 0 heterocycles. The number of nitrogens with zero attached hydrogens (tertiary/aromatic N) is 3. The lowest BCUT2D eigenvalue weighted by molar-refractivity contribution is 0.383. The van der Waals surface area contributed by atoms with Gasteiger partial charge in [0.1, 0.15) is 0 Å². The van der Waals surface area contributed by atoms with Gasteiger partial charge in [-0.05, 0) is 17.9 Å². The van der Waals surface area contributed by atoms with Crippen LogP contribution in [0.5, 0.6) is 0 Å². The van der Waals surface area contributed by atoms with E-state index in [1.54, 1.807) is 0 Å². The molecule has 3 heteroatoms. The summed E-state index contributed by atoms with van der Waals surface area (Å²) in [5.74, 6) is 0.541. The van der Waals surface area contributed by atoms with E-state index in [1.807, 2.05) is 0 Å². The predicted octanol–water partition coefficient (Wildman–Crippen LogP) is 5.07. The van der Waals surface area contributed by atoms with E-state index in [1.165, 1.54) is 38.5 Å². The second kappa shape index (κ2) is 9.85. The van der Waals surface area contributed by atoms with Crippen LogP contribution < -0.4 is 0 Å². The zero-order chi connectivity index (χ0) is 11.5. The molecule has 3 nitrogen and oxygen atoms in total. The number of hydrogen-bond donors (Lipinski definition) is 0. The minimum atomic E-state index is 0.215. The average molecular weight is 211 g/mol. The lowest BCUT2D eigenvalue weighted by Gasteiger charge is -2.18. The second-order valence-electron chi connectivity index (χ2n) is 4.39. The van der Waals surface area contributed by atoms with Crippen molar-refractivity contribution in [2.24, 2.45) is 11.0 Å². The van der Waals surface area contributed by atoms with Gasteiger partial charge in [-0.1, -0.05) is 64.4 Å². The lowest BCUT2D eigenvalue weighted by atomic mass is 9.92. The maximum absolute atomic E-state index is 8.51. The standard InChI is InChI=1S/C12H25N3/c1-4-6-8-9-11(3)12(14-15-13)10-7-5-2/h11-12H,4-10H2,1-3H3. The Morgan fingerprint density at radius 1 is 1.07 bits per heavy atom. The van der Waals surface area contributed by atoms with Crippen LogP contribution in [-0.2, 0) is 0 Å². The summed E-state index contributed by atoms with van der Waals surface area (Å²) in [4.78, 5) is 2.96. The number of unbranched alkanes of at least 4 members (excludes halogenated alkanes) is 3. The summed E-state index contributed by atoms with van der Waals surface area (Å²) in [6.07, 6.45) is 8.41. The molecule has 0 aliphatic carbocycles. The lowest BCUT2D eigenvalue weighted by Crippen LogP contribution is -2.15. The van der Waals surface area contributed by atoms with Crippen molar-refractivity contribution >= 4 is 0 Å². The van der Waals surface area contributed by atoms with E-state index in [9.17, 15) is 0 Å². The SMILES string of the molecule is CCCCCC(C)C(CCCC)N=[N+]=[N-]. The van der Waals surface area contributed by atoms with Crippen LogP contribution in [0.15, 0.2) is 5.11 Å². The number of hydrogen-bond acceptors (Lipinski definition) is 1. The molecule has 0 aromatic rings. The first-order chi connectivity index (χ1) is 7.26. The molecule has 0 spiro atoms. The van der Waals surface area contributed by atoms with Crippen molar-refractivity contribution in [1.29, 1.82) is 0 Å². The normalized spacial score (nSPS) is 14.3. The van der Waals surface area contributed by atoms with Crippen molar-refractivity contribution in [3.8, 4) is 0 Å². The van der Waals surface area contributed by atoms with Crippen molar-refractivity contribution in [2.45, 2.75) is 71.8 Å². The number of azide groups is 1. The Kier molecular flexibility index (Phi) is 9.40. The minimum absolute atomic E-state index is 0.215. The minimum Gasteiger partial charge on any atom is -0.0903 e. The second-order valence-corrected chi connectivity index (χ2v) is 4.39. The van der Waals surface area contributed by atoms with Crippen molar-refractivity contribution in [1.82, 2.24) is 0 Å². The molecular formula is C12H25N3. The maximum Gasteiger partial charge on any atom is 0.0399 e. The third-order valence-electron chi connectivity index (χ3n) is 2.97. The molecular weight excluding hydrogens is 186 g/mol. The largest absolute Gasteiger partial charge is 0.0903 e. The van der Waals surface area contributed by atoms with Crippen LogP contribution in [0.4, 0.5) is 0 Å². The smallest absolute Gasteiger partial charge is 0.0399 e. The Balaban J connectivity index is 3.92. The van der Waals surface area contributed by atoms with Crippen molar-refractivity contribution in [3.63, 3.8) is 0 Å². The molecule has 0 aromatic carbocycles. The fraction of sp³-hybridized carbons (Fsp3) is 1.00. The molecule has 0 fully saturated rings. The van der Waals surface area contributed by atoms with E-state index in [-0.39, 0.29) is 6.04 Å². The molecule has 0 bridgehead atoms. The van der Waals surface area contributed by atoms with E-state index in [4.69, 9.17) is 5.53 Å². The summed E-state index contributed by atoms with van der Waals surface area (Å²) in [6, 6.07) is 0.215. The van der Waals surface area contributed by atoms with Crippen molar-refractivity contribution in [2.75, 3.05) is 0 Å². The Morgan fingerprint density at radius 2 is 1.73 bits per heavy atom. The molecule has 0 N–H and O–H groups in total. The summed E-state index contributed by atoms with van der Waals surface area (Å²) in [7, 11) is 0. The fourth-order valence-electron chi connectivity index (χ4n) is 1.84. The van der Waals surface area contributed by atoms with Gasteiger partial charge in [-0.25, -0.2) is 0 Å². The van der Waals surface area contributed by atoms with E-state index < -0.39 is 0 Å². The summed E-state index contributed by atoms with van der Waals surface area (Å²) >= 11 is 0. The molecule has 0 rings (SSSR count). The first-order valence-electron chi connectivity index (χ1n) is 6.30. The van der Waals surface area contributed by atoms with Crippen LogP contribution in [0.2, 0.25) is 0 Å². The van der Waals surface area contributed by atoms with Gasteiger partial charge < -0.3 is 0 Å². The van der Waals surface area contributed by atoms with Crippen molar-refractivity contribution in [3.05, 3.63) is 10.4 Å². The van der Waals surface area contributed by atoms with E-state index in [0.29, 0.717) is 5.92 Å². The van der Waals surface area contributed by atoms with E-state index >= 15 is 0 Å². The monoisotopic (exact) mass is 211 g/mol. The molecule has 0 aliphatic heterocycles. The van der Waals surface area contributed by atoms with Gasteiger partial charge in [0.05, 0.1) is 0 Å². The molecule has 15 heavy (non-hydrogen) atoms. The summed E-state index contributed by atoms with van der Waals surface area (Å²) < 4.78 is 0. The topological polar surface area (TPSA) is 48.8 Å². The van der Waals surface area contributed by atoms with Crippen LogP contribution in [0.25, 0.3) is 10.4 Å². The highest BCUT2D eigenvalue weighted by atomic mass is 15.1. The molecule has 2 unspecified atom stereocenters. The Morgan fingerprint density at radius 3 is 2.27 bits per heavy atom. The van der Waals surface area contributed by atoms with Gasteiger partial charge >= 0.3 is 0 Å². The van der Waals surface area contributed by atoms with Gasteiger partial charge in [-0.15, -0.1) is 0 Å². The van der Waals surface area contributed by atoms with Crippen LogP contribution in [0, 0.1) is 5.92 Å². The molecule has 0 radical (unpaired) electrons. The fourth-order valence-corrected chi connectivity index (χ4v) is 1.84. The van der Waals surface area contributed by atoms with Gasteiger partial charge in [0.2, 0.25) is 0 Å². The molecule has 0 amide bonds. The molecule has 0 saturated carbocycles. The zero-order valence-corrected chi connectivity index (χ0v) is 10.4. The average Bonchev–Trinajstić information content (AvgIpc) is 2.24. The van der Waals surface area contributed by atoms with Gasteiger partial charge in [-0.2, -0.15) is 0 Å². The molecule has 2 atom stereocenters. The first-order valence-corrected chi connectivity index (χ1v) is 6.30. The third-order valence-corrected chi connectivity index (χ3v) is 2.97. The predicted molar refractivity (Wildman–Crippen MR) is 65.8 cm³/mol. The van der Waals surface area contributed by atoms with Crippen LogP contribution in [0.1, 0.15) is 65.7 Å². The number of rotatable bonds is 9. The van der Waals surface area contributed by atoms with E-state index in [2.05, 4.69) is 30.8 Å². The molecule has 88 valence electrons. The quantitative estimate of drug-likeness (QED) is 0.221.